The summed E-state index contributed by atoms with van der Waals surface area (Å²) >= 11 is 1.68. The summed E-state index contributed by atoms with van der Waals surface area (Å²) in [6.45, 7) is 0.879. The van der Waals surface area contributed by atoms with Gasteiger partial charge in [-0.1, -0.05) is 18.2 Å². The Morgan fingerprint density at radius 2 is 2.17 bits per heavy atom. The molecule has 0 fully saturated rings. The van der Waals surface area contributed by atoms with Crippen LogP contribution in [0, 0.1) is 0 Å². The third kappa shape index (κ3) is 2.71. The summed E-state index contributed by atoms with van der Waals surface area (Å²) < 4.78 is 1.22. The first-order chi connectivity index (χ1) is 8.74. The van der Waals surface area contributed by atoms with Crippen LogP contribution in [-0.2, 0) is 4.79 Å². The minimum Gasteiger partial charge on any atom is -0.320 e. The van der Waals surface area contributed by atoms with Crippen LogP contribution in [0.15, 0.2) is 29.6 Å². The fourth-order valence-corrected chi connectivity index (χ4v) is 2.92. The van der Waals surface area contributed by atoms with Crippen molar-refractivity contribution in [1.82, 2.24) is 5.32 Å². The molecule has 0 unspecified atom stereocenters. The molecule has 18 heavy (non-hydrogen) atoms. The van der Waals surface area contributed by atoms with Gasteiger partial charge in [-0.3, -0.25) is 4.79 Å². The van der Waals surface area contributed by atoms with Crippen LogP contribution in [0.5, 0.6) is 0 Å². The largest absolute Gasteiger partial charge is 0.320 e. The third-order valence-corrected chi connectivity index (χ3v) is 3.96. The number of hydrogen-bond acceptors (Lipinski definition) is 3. The highest BCUT2D eigenvalue weighted by Crippen LogP contribution is 2.32. The normalized spacial score (nSPS) is 10.8. The molecule has 0 radical (unpaired) electrons. The van der Waals surface area contributed by atoms with E-state index in [0.717, 1.165) is 24.0 Å². The number of fused-ring (bicyclic) bond motifs is 1. The van der Waals surface area contributed by atoms with Gasteiger partial charge in [-0.15, -0.1) is 11.3 Å². The van der Waals surface area contributed by atoms with Crippen molar-refractivity contribution in [3.63, 3.8) is 0 Å². The first-order valence-corrected chi connectivity index (χ1v) is 6.99. The minimum atomic E-state index is 0.175. The van der Waals surface area contributed by atoms with Crippen LogP contribution in [0.2, 0.25) is 0 Å². The maximum absolute atomic E-state index is 12.1. The molecular formula is C14H18N2OS. The predicted octanol–water partition coefficient (Wildman–Crippen LogP) is 2.86. The van der Waals surface area contributed by atoms with E-state index in [4.69, 9.17) is 0 Å². The van der Waals surface area contributed by atoms with Crippen LogP contribution in [0.3, 0.4) is 0 Å². The molecule has 0 aliphatic carbocycles. The van der Waals surface area contributed by atoms with Gasteiger partial charge in [-0.2, -0.15) is 0 Å². The number of nitrogens with one attached hydrogen (secondary N) is 1. The van der Waals surface area contributed by atoms with Crippen molar-refractivity contribution < 1.29 is 4.79 Å². The number of thiophene rings is 1. The number of amides is 1. The Balaban J connectivity index is 2.13. The molecule has 0 saturated heterocycles. The molecule has 1 heterocycles. The molecule has 1 amide bonds. The Morgan fingerprint density at radius 1 is 1.39 bits per heavy atom. The highest BCUT2D eigenvalue weighted by atomic mass is 32.1. The standard InChI is InChI=1S/C14H18N2OS/c1-15-9-5-8-14(17)16(2)12-10-18-13-7-4-3-6-11(12)13/h3-4,6-7,10,15H,5,8-9H2,1-2H3. The third-order valence-electron chi connectivity index (χ3n) is 3.01. The number of benzene rings is 1. The summed E-state index contributed by atoms with van der Waals surface area (Å²) in [7, 11) is 3.76. The van der Waals surface area contributed by atoms with Gasteiger partial charge in [0, 0.05) is 28.9 Å². The van der Waals surface area contributed by atoms with Crippen LogP contribution >= 0.6 is 11.3 Å². The van der Waals surface area contributed by atoms with Crippen molar-refractivity contribution in [3.05, 3.63) is 29.6 Å². The van der Waals surface area contributed by atoms with Gasteiger partial charge in [-0.25, -0.2) is 0 Å². The summed E-state index contributed by atoms with van der Waals surface area (Å²) in [5, 5.41) is 6.27. The van der Waals surface area contributed by atoms with Gasteiger partial charge in [0.25, 0.3) is 0 Å². The van der Waals surface area contributed by atoms with E-state index in [0.29, 0.717) is 6.42 Å². The van der Waals surface area contributed by atoms with Gasteiger partial charge in [0.1, 0.15) is 0 Å². The van der Waals surface area contributed by atoms with Crippen LogP contribution in [-0.4, -0.2) is 26.5 Å². The van der Waals surface area contributed by atoms with E-state index in [1.807, 2.05) is 26.2 Å². The zero-order chi connectivity index (χ0) is 13.0. The van der Waals surface area contributed by atoms with Crippen molar-refractivity contribution in [3.8, 4) is 0 Å². The molecule has 96 valence electrons. The number of hydrogen-bond donors (Lipinski definition) is 1. The first kappa shape index (κ1) is 13.1. The number of carbonyl (C=O) groups is 1. The maximum atomic E-state index is 12.1. The monoisotopic (exact) mass is 262 g/mol. The van der Waals surface area contributed by atoms with Crippen LogP contribution in [0.25, 0.3) is 10.1 Å². The van der Waals surface area contributed by atoms with Gasteiger partial charge >= 0.3 is 0 Å². The first-order valence-electron chi connectivity index (χ1n) is 6.11. The smallest absolute Gasteiger partial charge is 0.226 e. The van der Waals surface area contributed by atoms with E-state index in [-0.39, 0.29) is 5.91 Å². The second-order valence-corrected chi connectivity index (χ2v) is 5.19. The molecule has 4 heteroatoms. The van der Waals surface area contributed by atoms with Crippen LogP contribution in [0.1, 0.15) is 12.8 Å². The molecule has 1 aromatic heterocycles. The maximum Gasteiger partial charge on any atom is 0.226 e. The zero-order valence-electron chi connectivity index (χ0n) is 10.8. The van der Waals surface area contributed by atoms with E-state index in [2.05, 4.69) is 22.8 Å². The lowest BCUT2D eigenvalue weighted by atomic mass is 10.2. The van der Waals surface area contributed by atoms with Gasteiger partial charge in [0.15, 0.2) is 0 Å². The van der Waals surface area contributed by atoms with E-state index in [9.17, 15) is 4.79 Å². The lowest BCUT2D eigenvalue weighted by Crippen LogP contribution is -2.26. The van der Waals surface area contributed by atoms with Crippen molar-refractivity contribution in [2.75, 3.05) is 25.5 Å². The molecule has 1 aromatic carbocycles. The summed E-state index contributed by atoms with van der Waals surface area (Å²) in [6.07, 6.45) is 1.46. The number of carbonyl (C=O) groups excluding carboxylic acids is 1. The summed E-state index contributed by atoms with van der Waals surface area (Å²) in [5.74, 6) is 0.175. The predicted molar refractivity (Wildman–Crippen MR) is 78.4 cm³/mol. The lowest BCUT2D eigenvalue weighted by molar-refractivity contribution is -0.118. The molecule has 0 aliphatic heterocycles. The average Bonchev–Trinajstić information content (AvgIpc) is 2.82. The minimum absolute atomic E-state index is 0.175. The highest BCUT2D eigenvalue weighted by molar-refractivity contribution is 7.17. The Hall–Kier alpha value is -1.39. The summed E-state index contributed by atoms with van der Waals surface area (Å²) in [5.41, 5.74) is 1.02. The molecule has 0 spiro atoms. The fourth-order valence-electron chi connectivity index (χ4n) is 1.94. The highest BCUT2D eigenvalue weighted by Gasteiger charge is 2.14. The Morgan fingerprint density at radius 3 is 2.94 bits per heavy atom. The van der Waals surface area contributed by atoms with Gasteiger partial charge in [0.05, 0.1) is 5.69 Å². The number of anilines is 1. The zero-order valence-corrected chi connectivity index (χ0v) is 11.6. The van der Waals surface area contributed by atoms with Crippen LogP contribution < -0.4 is 10.2 Å². The Bertz CT molecular complexity index is 535. The van der Waals surface area contributed by atoms with Gasteiger partial charge < -0.3 is 10.2 Å². The van der Waals surface area contributed by atoms with Crippen molar-refractivity contribution in [2.24, 2.45) is 0 Å². The van der Waals surface area contributed by atoms with E-state index < -0.39 is 0 Å². The van der Waals surface area contributed by atoms with Crippen molar-refractivity contribution >= 4 is 33.0 Å². The van der Waals surface area contributed by atoms with Crippen LogP contribution in [0.4, 0.5) is 5.69 Å². The van der Waals surface area contributed by atoms with Crippen molar-refractivity contribution in [2.45, 2.75) is 12.8 Å². The molecule has 0 saturated carbocycles. The topological polar surface area (TPSA) is 32.3 Å². The average molecular weight is 262 g/mol. The summed E-state index contributed by atoms with van der Waals surface area (Å²) in [6, 6.07) is 8.19. The molecule has 2 rings (SSSR count). The molecular weight excluding hydrogens is 244 g/mol. The lowest BCUT2D eigenvalue weighted by Gasteiger charge is -2.16. The molecule has 1 N–H and O–H groups in total. The second-order valence-electron chi connectivity index (χ2n) is 4.28. The second kappa shape index (κ2) is 5.98. The number of rotatable bonds is 5. The molecule has 0 atom stereocenters. The molecule has 3 nitrogen and oxygen atoms in total. The summed E-state index contributed by atoms with van der Waals surface area (Å²) in [4.78, 5) is 13.8. The van der Waals surface area contributed by atoms with Crippen molar-refractivity contribution in [1.29, 1.82) is 0 Å². The Labute approximate surface area is 111 Å². The van der Waals surface area contributed by atoms with E-state index in [1.165, 1.54) is 4.70 Å². The fraction of sp³-hybridized carbons (Fsp3) is 0.357. The SMILES string of the molecule is CNCCCC(=O)N(C)c1csc2ccccc12. The molecule has 2 aromatic rings. The van der Waals surface area contributed by atoms with E-state index >= 15 is 0 Å². The van der Waals surface area contributed by atoms with E-state index in [1.54, 1.807) is 16.2 Å². The van der Waals surface area contributed by atoms with Gasteiger partial charge in [0.2, 0.25) is 5.91 Å². The Kier molecular flexibility index (Phi) is 4.33. The number of nitrogens with zero attached hydrogens (tertiary/aromatic N) is 1. The molecule has 0 aliphatic rings. The quantitative estimate of drug-likeness (QED) is 0.840. The van der Waals surface area contributed by atoms with Gasteiger partial charge in [-0.05, 0) is 26.1 Å². The molecule has 0 bridgehead atoms.